The van der Waals surface area contributed by atoms with Gasteiger partial charge in [-0.1, -0.05) is 62.6 Å². The standard InChI is InChI=1S/C23H28N2O2S/c1-3-4-5-6-16-24-23(28)25(2)21-9-7-8-20(17-21)19-13-10-18(11-14-19)12-15-22(26)27/h7-15,17H,3-6,16H2,1-2H3,(H,24,28)(H,26,27)/b15-12+. The number of rotatable bonds is 9. The summed E-state index contributed by atoms with van der Waals surface area (Å²) in [7, 11) is 1.97. The van der Waals surface area contributed by atoms with Gasteiger partial charge in [0, 0.05) is 25.4 Å². The summed E-state index contributed by atoms with van der Waals surface area (Å²) < 4.78 is 0. The van der Waals surface area contributed by atoms with Gasteiger partial charge in [-0.15, -0.1) is 0 Å². The Morgan fingerprint density at radius 3 is 2.54 bits per heavy atom. The van der Waals surface area contributed by atoms with Gasteiger partial charge in [0.05, 0.1) is 0 Å². The molecule has 0 bridgehead atoms. The highest BCUT2D eigenvalue weighted by Crippen LogP contribution is 2.25. The Balaban J connectivity index is 2.02. The number of carboxylic acids is 1. The zero-order valence-electron chi connectivity index (χ0n) is 16.5. The zero-order chi connectivity index (χ0) is 20.4. The summed E-state index contributed by atoms with van der Waals surface area (Å²) >= 11 is 5.52. The molecule has 2 aromatic rings. The molecule has 0 aliphatic rings. The molecule has 0 heterocycles. The van der Waals surface area contributed by atoms with Crippen LogP contribution < -0.4 is 10.2 Å². The van der Waals surface area contributed by atoms with Gasteiger partial charge in [0.25, 0.3) is 0 Å². The molecule has 0 aliphatic carbocycles. The summed E-state index contributed by atoms with van der Waals surface area (Å²) in [5, 5.41) is 12.8. The van der Waals surface area contributed by atoms with Crippen molar-refractivity contribution in [2.45, 2.75) is 32.6 Å². The van der Waals surface area contributed by atoms with Crippen molar-refractivity contribution >= 4 is 35.1 Å². The van der Waals surface area contributed by atoms with Crippen LogP contribution in [0.1, 0.15) is 38.2 Å². The molecule has 0 saturated carbocycles. The van der Waals surface area contributed by atoms with Crippen LogP contribution in [0.3, 0.4) is 0 Å². The first-order chi connectivity index (χ1) is 13.5. The quantitative estimate of drug-likeness (QED) is 0.340. The molecule has 4 nitrogen and oxygen atoms in total. The number of thiocarbonyl (C=S) groups is 1. The fourth-order valence-electron chi connectivity index (χ4n) is 2.83. The SMILES string of the molecule is CCCCCCNC(=S)N(C)c1cccc(-c2ccc(/C=C/C(=O)O)cc2)c1. The van der Waals surface area contributed by atoms with E-state index in [1.807, 2.05) is 48.3 Å². The molecule has 5 heteroatoms. The fraction of sp³-hybridized carbons (Fsp3) is 0.304. The van der Waals surface area contributed by atoms with Crippen molar-refractivity contribution in [3.63, 3.8) is 0 Å². The van der Waals surface area contributed by atoms with E-state index < -0.39 is 5.97 Å². The summed E-state index contributed by atoms with van der Waals surface area (Å²) in [6, 6.07) is 16.0. The van der Waals surface area contributed by atoms with E-state index in [0.717, 1.165) is 46.5 Å². The molecule has 0 spiro atoms. The lowest BCUT2D eigenvalue weighted by molar-refractivity contribution is -0.131. The molecule has 0 radical (unpaired) electrons. The number of anilines is 1. The van der Waals surface area contributed by atoms with E-state index in [9.17, 15) is 4.79 Å². The molecule has 0 saturated heterocycles. The van der Waals surface area contributed by atoms with Gasteiger partial charge in [-0.2, -0.15) is 0 Å². The molecule has 0 amide bonds. The van der Waals surface area contributed by atoms with Crippen LogP contribution in [-0.4, -0.2) is 29.8 Å². The number of nitrogens with one attached hydrogen (secondary N) is 1. The van der Waals surface area contributed by atoms with Gasteiger partial charge in [0.15, 0.2) is 5.11 Å². The third-order valence-electron chi connectivity index (χ3n) is 4.51. The summed E-state index contributed by atoms with van der Waals surface area (Å²) in [5.74, 6) is -0.949. The molecule has 28 heavy (non-hydrogen) atoms. The second-order valence-electron chi connectivity index (χ2n) is 6.70. The van der Waals surface area contributed by atoms with Gasteiger partial charge in [-0.05, 0) is 53.5 Å². The first-order valence-corrected chi connectivity index (χ1v) is 10.0. The molecule has 0 fully saturated rings. The first-order valence-electron chi connectivity index (χ1n) is 9.64. The topological polar surface area (TPSA) is 52.6 Å². The Morgan fingerprint density at radius 2 is 1.86 bits per heavy atom. The van der Waals surface area contributed by atoms with Crippen molar-refractivity contribution in [3.05, 3.63) is 60.2 Å². The Hall–Kier alpha value is -2.66. The third kappa shape index (κ3) is 6.82. The minimum atomic E-state index is -0.949. The van der Waals surface area contributed by atoms with E-state index in [1.54, 1.807) is 6.08 Å². The number of aliphatic carboxylic acids is 1. The maximum absolute atomic E-state index is 10.6. The van der Waals surface area contributed by atoms with Gasteiger partial charge in [0.1, 0.15) is 0 Å². The second-order valence-corrected chi connectivity index (χ2v) is 7.08. The van der Waals surface area contributed by atoms with Crippen LogP contribution in [0, 0.1) is 0 Å². The summed E-state index contributed by atoms with van der Waals surface area (Å²) in [4.78, 5) is 12.6. The molecule has 0 aliphatic heterocycles. The van der Waals surface area contributed by atoms with Crippen LogP contribution in [0.25, 0.3) is 17.2 Å². The highest BCUT2D eigenvalue weighted by atomic mass is 32.1. The normalized spacial score (nSPS) is 10.8. The van der Waals surface area contributed by atoms with Crippen LogP contribution in [-0.2, 0) is 4.79 Å². The largest absolute Gasteiger partial charge is 0.478 e. The minimum absolute atomic E-state index is 0.725. The van der Waals surface area contributed by atoms with Gasteiger partial charge in [-0.25, -0.2) is 4.79 Å². The number of nitrogens with zero attached hydrogens (tertiary/aromatic N) is 1. The van der Waals surface area contributed by atoms with Crippen LogP contribution in [0.4, 0.5) is 5.69 Å². The van der Waals surface area contributed by atoms with E-state index in [-0.39, 0.29) is 0 Å². The third-order valence-corrected chi connectivity index (χ3v) is 4.93. The fourth-order valence-corrected chi connectivity index (χ4v) is 3.04. The average Bonchev–Trinajstić information content (AvgIpc) is 2.72. The molecule has 148 valence electrons. The molecule has 0 atom stereocenters. The maximum atomic E-state index is 10.6. The molecule has 2 rings (SSSR count). The second kappa shape index (κ2) is 11.2. The Kier molecular flexibility index (Phi) is 8.69. The zero-order valence-corrected chi connectivity index (χ0v) is 17.3. The smallest absolute Gasteiger partial charge is 0.328 e. The Morgan fingerprint density at radius 1 is 1.11 bits per heavy atom. The van der Waals surface area contributed by atoms with Crippen molar-refractivity contribution < 1.29 is 9.90 Å². The number of carbonyl (C=O) groups is 1. The predicted molar refractivity (Wildman–Crippen MR) is 122 cm³/mol. The average molecular weight is 397 g/mol. The highest BCUT2D eigenvalue weighted by molar-refractivity contribution is 7.80. The van der Waals surface area contributed by atoms with Crippen molar-refractivity contribution in [3.8, 4) is 11.1 Å². The van der Waals surface area contributed by atoms with E-state index in [1.165, 1.54) is 19.3 Å². The van der Waals surface area contributed by atoms with Crippen LogP contribution in [0.5, 0.6) is 0 Å². The lowest BCUT2D eigenvalue weighted by atomic mass is 10.0. The molecule has 2 N–H and O–H groups in total. The van der Waals surface area contributed by atoms with Gasteiger partial charge < -0.3 is 15.3 Å². The number of benzene rings is 2. The Labute approximate surface area is 172 Å². The van der Waals surface area contributed by atoms with Gasteiger partial charge >= 0.3 is 5.97 Å². The number of hydrogen-bond acceptors (Lipinski definition) is 2. The van der Waals surface area contributed by atoms with E-state index in [4.69, 9.17) is 17.3 Å². The van der Waals surface area contributed by atoms with Crippen molar-refractivity contribution in [1.82, 2.24) is 5.32 Å². The summed E-state index contributed by atoms with van der Waals surface area (Å²) in [6.07, 6.45) is 7.57. The minimum Gasteiger partial charge on any atom is -0.478 e. The van der Waals surface area contributed by atoms with Gasteiger partial charge in [-0.3, -0.25) is 0 Å². The van der Waals surface area contributed by atoms with Crippen LogP contribution in [0.2, 0.25) is 0 Å². The number of unbranched alkanes of at least 4 members (excludes halogenated alkanes) is 3. The Bertz CT molecular complexity index is 816. The molecule has 0 unspecified atom stereocenters. The highest BCUT2D eigenvalue weighted by Gasteiger charge is 2.08. The van der Waals surface area contributed by atoms with Crippen molar-refractivity contribution in [2.75, 3.05) is 18.5 Å². The van der Waals surface area contributed by atoms with Crippen molar-refractivity contribution in [1.29, 1.82) is 0 Å². The van der Waals surface area contributed by atoms with E-state index in [0.29, 0.717) is 0 Å². The van der Waals surface area contributed by atoms with Crippen LogP contribution in [0.15, 0.2) is 54.6 Å². The van der Waals surface area contributed by atoms with E-state index in [2.05, 4.69) is 24.4 Å². The maximum Gasteiger partial charge on any atom is 0.328 e. The lowest BCUT2D eigenvalue weighted by Crippen LogP contribution is -2.37. The van der Waals surface area contributed by atoms with E-state index >= 15 is 0 Å². The number of carboxylic acid groups (broad SMARTS) is 1. The summed E-state index contributed by atoms with van der Waals surface area (Å²) in [6.45, 7) is 3.10. The molecule has 0 aromatic heterocycles. The lowest BCUT2D eigenvalue weighted by Gasteiger charge is -2.22. The monoisotopic (exact) mass is 396 g/mol. The van der Waals surface area contributed by atoms with Gasteiger partial charge in [0.2, 0.25) is 0 Å². The number of hydrogen-bond donors (Lipinski definition) is 2. The molecule has 2 aromatic carbocycles. The molecular formula is C23H28N2O2S. The predicted octanol–water partition coefficient (Wildman–Crippen LogP) is 5.34. The van der Waals surface area contributed by atoms with Crippen molar-refractivity contribution in [2.24, 2.45) is 0 Å². The molecular weight excluding hydrogens is 368 g/mol. The summed E-state index contributed by atoms with van der Waals surface area (Å²) in [5.41, 5.74) is 4.04. The first kappa shape index (κ1) is 21.6. The van der Waals surface area contributed by atoms with Crippen LogP contribution >= 0.6 is 12.2 Å².